The number of amides is 1. The summed E-state index contributed by atoms with van der Waals surface area (Å²) in [4.78, 5) is 18.3. The van der Waals surface area contributed by atoms with Crippen LogP contribution in [0.1, 0.15) is 21.5 Å². The Labute approximate surface area is 168 Å². The van der Waals surface area contributed by atoms with Gasteiger partial charge in [-0.25, -0.2) is 13.4 Å². The Hall–Kier alpha value is -1.67. The molecule has 1 amide bonds. The van der Waals surface area contributed by atoms with Gasteiger partial charge in [-0.3, -0.25) is 4.79 Å². The smallest absolute Gasteiger partial charge is 0.255 e. The topological polar surface area (TPSA) is 70.6 Å². The van der Waals surface area contributed by atoms with E-state index in [9.17, 15) is 13.2 Å². The second-order valence-corrected chi connectivity index (χ2v) is 9.14. The molecule has 9 heteroatoms. The van der Waals surface area contributed by atoms with Gasteiger partial charge in [0, 0.05) is 32.4 Å². The second-order valence-electron chi connectivity index (χ2n) is 6.44. The van der Waals surface area contributed by atoms with Gasteiger partial charge in [0.15, 0.2) is 0 Å². The van der Waals surface area contributed by atoms with Crippen molar-refractivity contribution in [1.82, 2.24) is 14.2 Å². The maximum absolute atomic E-state index is 12.9. The van der Waals surface area contributed by atoms with E-state index in [0.29, 0.717) is 18.7 Å². The average Bonchev–Trinajstić information content (AvgIpc) is 2.65. The molecule has 0 saturated carbocycles. The SMILES string of the molecule is Cc1ccc(S(=O)(=O)N2CCN(C(=O)c3cnc(Cl)c(Cl)c3)CC2)cc1C. The minimum Gasteiger partial charge on any atom is -0.336 e. The monoisotopic (exact) mass is 427 g/mol. The van der Waals surface area contributed by atoms with Crippen LogP contribution in [-0.4, -0.2) is 54.7 Å². The lowest BCUT2D eigenvalue weighted by Crippen LogP contribution is -2.50. The van der Waals surface area contributed by atoms with E-state index in [1.165, 1.54) is 16.6 Å². The molecule has 1 saturated heterocycles. The minimum absolute atomic E-state index is 0.137. The lowest BCUT2D eigenvalue weighted by molar-refractivity contribution is 0.0697. The Balaban J connectivity index is 1.71. The predicted octanol–water partition coefficient (Wildman–Crippen LogP) is 3.15. The Bertz CT molecular complexity index is 987. The summed E-state index contributed by atoms with van der Waals surface area (Å²) >= 11 is 11.7. The second kappa shape index (κ2) is 7.75. The highest BCUT2D eigenvalue weighted by Gasteiger charge is 2.30. The van der Waals surface area contributed by atoms with Crippen LogP contribution >= 0.6 is 23.2 Å². The van der Waals surface area contributed by atoms with Crippen molar-refractivity contribution < 1.29 is 13.2 Å². The van der Waals surface area contributed by atoms with Gasteiger partial charge in [-0.1, -0.05) is 29.3 Å². The Kier molecular flexibility index (Phi) is 5.76. The van der Waals surface area contributed by atoms with Crippen LogP contribution in [0.5, 0.6) is 0 Å². The fraction of sp³-hybridized carbons (Fsp3) is 0.333. The van der Waals surface area contributed by atoms with E-state index in [-0.39, 0.29) is 34.1 Å². The highest BCUT2D eigenvalue weighted by atomic mass is 35.5. The van der Waals surface area contributed by atoms with Gasteiger partial charge < -0.3 is 4.90 Å². The van der Waals surface area contributed by atoms with Crippen molar-refractivity contribution >= 4 is 39.1 Å². The molecule has 0 N–H and O–H groups in total. The molecular formula is C18H19Cl2N3O3S. The van der Waals surface area contributed by atoms with Crippen LogP contribution in [0.2, 0.25) is 10.2 Å². The van der Waals surface area contributed by atoms with Gasteiger partial charge in [0.25, 0.3) is 5.91 Å². The summed E-state index contributed by atoms with van der Waals surface area (Å²) in [5, 5.41) is 0.344. The van der Waals surface area contributed by atoms with Crippen LogP contribution in [0.4, 0.5) is 0 Å². The molecule has 0 spiro atoms. The van der Waals surface area contributed by atoms with Gasteiger partial charge in [0.05, 0.1) is 15.5 Å². The third-order valence-corrected chi connectivity index (χ3v) is 7.27. The molecule has 2 heterocycles. The number of sulfonamides is 1. The summed E-state index contributed by atoms with van der Waals surface area (Å²) in [6, 6.07) is 6.58. The number of piperazine rings is 1. The van der Waals surface area contributed by atoms with E-state index in [1.807, 2.05) is 13.8 Å². The molecule has 0 radical (unpaired) electrons. The van der Waals surface area contributed by atoms with Crippen LogP contribution in [0.3, 0.4) is 0 Å². The Morgan fingerprint density at radius 3 is 2.30 bits per heavy atom. The molecule has 6 nitrogen and oxygen atoms in total. The van der Waals surface area contributed by atoms with E-state index in [4.69, 9.17) is 23.2 Å². The first-order chi connectivity index (χ1) is 12.7. The molecule has 1 aromatic carbocycles. The number of aryl methyl sites for hydroxylation is 2. The van der Waals surface area contributed by atoms with Gasteiger partial charge in [0.2, 0.25) is 10.0 Å². The van der Waals surface area contributed by atoms with Crippen molar-refractivity contribution in [3.63, 3.8) is 0 Å². The van der Waals surface area contributed by atoms with E-state index in [2.05, 4.69) is 4.98 Å². The molecule has 1 aromatic heterocycles. The van der Waals surface area contributed by atoms with Crippen molar-refractivity contribution in [3.05, 3.63) is 57.3 Å². The zero-order chi connectivity index (χ0) is 19.8. The molecule has 0 atom stereocenters. The zero-order valence-corrected chi connectivity index (χ0v) is 17.3. The number of carbonyl (C=O) groups is 1. The molecule has 1 aliphatic rings. The fourth-order valence-corrected chi connectivity index (χ4v) is 4.65. The first kappa shape index (κ1) is 20.1. The maximum atomic E-state index is 12.9. The van der Waals surface area contributed by atoms with Crippen LogP contribution in [-0.2, 0) is 10.0 Å². The van der Waals surface area contributed by atoms with Crippen molar-refractivity contribution in [1.29, 1.82) is 0 Å². The van der Waals surface area contributed by atoms with Crippen LogP contribution in [0.15, 0.2) is 35.4 Å². The minimum atomic E-state index is -3.58. The fourth-order valence-electron chi connectivity index (χ4n) is 2.88. The normalized spacial score (nSPS) is 15.8. The molecule has 0 unspecified atom stereocenters. The molecule has 2 aromatic rings. The lowest BCUT2D eigenvalue weighted by atomic mass is 10.1. The van der Waals surface area contributed by atoms with Gasteiger partial charge in [-0.05, 0) is 43.2 Å². The van der Waals surface area contributed by atoms with Crippen molar-refractivity contribution in [2.45, 2.75) is 18.7 Å². The molecular weight excluding hydrogens is 409 g/mol. The standard InChI is InChI=1S/C18H19Cl2N3O3S/c1-12-3-4-15(9-13(12)2)27(25,26)23-7-5-22(6-8-23)18(24)14-10-16(19)17(20)21-11-14/h3-4,9-11H,5-8H2,1-2H3. The van der Waals surface area contributed by atoms with Crippen LogP contribution < -0.4 is 0 Å². The predicted molar refractivity (Wildman–Crippen MR) is 105 cm³/mol. The number of hydrogen-bond acceptors (Lipinski definition) is 4. The Morgan fingerprint density at radius 2 is 1.70 bits per heavy atom. The zero-order valence-electron chi connectivity index (χ0n) is 14.9. The van der Waals surface area contributed by atoms with Gasteiger partial charge in [-0.15, -0.1) is 0 Å². The average molecular weight is 428 g/mol. The van der Waals surface area contributed by atoms with Crippen LogP contribution in [0.25, 0.3) is 0 Å². The third kappa shape index (κ3) is 4.11. The van der Waals surface area contributed by atoms with E-state index in [1.54, 1.807) is 23.1 Å². The number of carbonyl (C=O) groups excluding carboxylic acids is 1. The summed E-state index contributed by atoms with van der Waals surface area (Å²) in [5.41, 5.74) is 2.30. The molecule has 0 aliphatic carbocycles. The van der Waals surface area contributed by atoms with Crippen molar-refractivity contribution in [2.75, 3.05) is 26.2 Å². The Morgan fingerprint density at radius 1 is 1.04 bits per heavy atom. The number of nitrogens with zero attached hydrogens (tertiary/aromatic N) is 3. The van der Waals surface area contributed by atoms with E-state index >= 15 is 0 Å². The highest BCUT2D eigenvalue weighted by molar-refractivity contribution is 7.89. The molecule has 1 fully saturated rings. The van der Waals surface area contributed by atoms with Gasteiger partial charge in [0.1, 0.15) is 5.15 Å². The quantitative estimate of drug-likeness (QED) is 0.705. The summed E-state index contributed by atoms with van der Waals surface area (Å²) in [6.45, 7) is 4.88. The maximum Gasteiger partial charge on any atom is 0.255 e. The first-order valence-electron chi connectivity index (χ1n) is 8.38. The van der Waals surface area contributed by atoms with Crippen molar-refractivity contribution in [2.24, 2.45) is 0 Å². The van der Waals surface area contributed by atoms with Gasteiger partial charge >= 0.3 is 0 Å². The van der Waals surface area contributed by atoms with Gasteiger partial charge in [-0.2, -0.15) is 4.31 Å². The number of hydrogen-bond donors (Lipinski definition) is 0. The molecule has 0 bridgehead atoms. The van der Waals surface area contributed by atoms with E-state index in [0.717, 1.165) is 11.1 Å². The summed E-state index contributed by atoms with van der Waals surface area (Å²) in [5.74, 6) is -0.246. The van der Waals surface area contributed by atoms with Crippen LogP contribution in [0, 0.1) is 13.8 Å². The number of benzene rings is 1. The first-order valence-corrected chi connectivity index (χ1v) is 10.6. The molecule has 27 heavy (non-hydrogen) atoms. The summed E-state index contributed by atoms with van der Waals surface area (Å²) in [7, 11) is -3.58. The summed E-state index contributed by atoms with van der Waals surface area (Å²) < 4.78 is 27.1. The number of aromatic nitrogens is 1. The highest BCUT2D eigenvalue weighted by Crippen LogP contribution is 2.23. The molecule has 144 valence electrons. The molecule has 1 aliphatic heterocycles. The number of rotatable bonds is 3. The molecule has 3 rings (SSSR count). The number of halogens is 2. The lowest BCUT2D eigenvalue weighted by Gasteiger charge is -2.34. The van der Waals surface area contributed by atoms with Crippen molar-refractivity contribution in [3.8, 4) is 0 Å². The van der Waals surface area contributed by atoms with E-state index < -0.39 is 10.0 Å². The number of pyridine rings is 1. The largest absolute Gasteiger partial charge is 0.336 e. The summed E-state index contributed by atoms with van der Waals surface area (Å²) in [6.07, 6.45) is 1.37. The third-order valence-electron chi connectivity index (χ3n) is 4.69.